The van der Waals surface area contributed by atoms with Gasteiger partial charge in [0.1, 0.15) is 0 Å². The smallest absolute Gasteiger partial charge is 0.0739 e. The van der Waals surface area contributed by atoms with Gasteiger partial charge in [-0.3, -0.25) is 0 Å². The molecule has 0 bridgehead atoms. The first-order valence-electron chi connectivity index (χ1n) is 4.79. The third-order valence-corrected chi connectivity index (χ3v) is 3.89. The molecule has 84 valence electrons. The number of hydrogen-bond donors (Lipinski definition) is 2. The maximum atomic E-state index is 5.93. The summed E-state index contributed by atoms with van der Waals surface area (Å²) in [6, 6.07) is 5.63. The monoisotopic (exact) mass is 244 g/mol. The van der Waals surface area contributed by atoms with E-state index in [9.17, 15) is 0 Å². The molecule has 0 spiro atoms. The molecule has 4 heteroatoms. The summed E-state index contributed by atoms with van der Waals surface area (Å²) >= 11 is 7.75. The van der Waals surface area contributed by atoms with E-state index in [0.717, 1.165) is 12.2 Å². The van der Waals surface area contributed by atoms with E-state index in [2.05, 4.69) is 25.4 Å². The van der Waals surface area contributed by atoms with Crippen LogP contribution in [0, 0.1) is 0 Å². The Morgan fingerprint density at radius 3 is 2.73 bits per heavy atom. The van der Waals surface area contributed by atoms with Gasteiger partial charge in [-0.2, -0.15) is 11.8 Å². The Labute approximate surface area is 101 Å². The van der Waals surface area contributed by atoms with Gasteiger partial charge in [-0.15, -0.1) is 0 Å². The molecule has 15 heavy (non-hydrogen) atoms. The molecule has 1 aromatic carbocycles. The van der Waals surface area contributed by atoms with Crippen molar-refractivity contribution in [3.63, 3.8) is 0 Å². The van der Waals surface area contributed by atoms with Crippen LogP contribution in [0.25, 0.3) is 0 Å². The predicted molar refractivity (Wildman–Crippen MR) is 71.9 cm³/mol. The quantitative estimate of drug-likeness (QED) is 0.797. The first kappa shape index (κ1) is 12.5. The normalized spacial score (nSPS) is 11.5. The summed E-state index contributed by atoms with van der Waals surface area (Å²) in [4.78, 5) is 0. The molecule has 0 aromatic heterocycles. The molecule has 0 unspecified atom stereocenters. The van der Waals surface area contributed by atoms with E-state index in [1.165, 1.54) is 0 Å². The number of nitrogen functional groups attached to an aromatic ring is 1. The predicted octanol–water partition coefficient (Wildman–Crippen LogP) is 3.48. The number of hydrogen-bond acceptors (Lipinski definition) is 3. The van der Waals surface area contributed by atoms with Crippen molar-refractivity contribution in [1.82, 2.24) is 0 Å². The Morgan fingerprint density at radius 1 is 1.47 bits per heavy atom. The van der Waals surface area contributed by atoms with Crippen LogP contribution in [-0.2, 0) is 0 Å². The molecule has 0 aliphatic rings. The lowest BCUT2D eigenvalue weighted by Crippen LogP contribution is -2.26. The summed E-state index contributed by atoms with van der Waals surface area (Å²) in [5.74, 6) is 0. The van der Waals surface area contributed by atoms with Crippen LogP contribution < -0.4 is 11.1 Å². The lowest BCUT2D eigenvalue weighted by Gasteiger charge is -2.23. The Hall–Kier alpha value is -0.540. The Balaban J connectivity index is 2.70. The molecule has 1 rings (SSSR count). The van der Waals surface area contributed by atoms with Crippen LogP contribution in [0.2, 0.25) is 5.02 Å². The fourth-order valence-electron chi connectivity index (χ4n) is 1.07. The lowest BCUT2D eigenvalue weighted by molar-refractivity contribution is 0.753. The van der Waals surface area contributed by atoms with Crippen molar-refractivity contribution in [3.8, 4) is 0 Å². The van der Waals surface area contributed by atoms with Crippen LogP contribution in [0.15, 0.2) is 18.2 Å². The zero-order chi connectivity index (χ0) is 11.5. The van der Waals surface area contributed by atoms with Gasteiger partial charge in [-0.1, -0.05) is 17.7 Å². The van der Waals surface area contributed by atoms with Gasteiger partial charge in [0.25, 0.3) is 0 Å². The molecular formula is C11H17ClN2S. The molecule has 0 aliphatic heterocycles. The van der Waals surface area contributed by atoms with Crippen molar-refractivity contribution in [3.05, 3.63) is 23.2 Å². The Morgan fingerprint density at radius 2 is 2.13 bits per heavy atom. The summed E-state index contributed by atoms with van der Waals surface area (Å²) < 4.78 is 0.189. The second kappa shape index (κ2) is 4.99. The van der Waals surface area contributed by atoms with Crippen LogP contribution >= 0.6 is 23.4 Å². The maximum Gasteiger partial charge on any atom is 0.0739 e. The van der Waals surface area contributed by atoms with Crippen LogP contribution in [-0.4, -0.2) is 17.5 Å². The first-order chi connectivity index (χ1) is 6.96. The van der Waals surface area contributed by atoms with E-state index in [0.29, 0.717) is 10.7 Å². The van der Waals surface area contributed by atoms with Crippen molar-refractivity contribution >= 4 is 34.7 Å². The minimum Gasteiger partial charge on any atom is -0.396 e. The van der Waals surface area contributed by atoms with Crippen LogP contribution in [0.1, 0.15) is 13.8 Å². The minimum atomic E-state index is 0.189. The first-order valence-corrected chi connectivity index (χ1v) is 6.39. The standard InChI is InChI=1S/C11H17ClN2S/c1-11(2,15-3)7-14-9-6-4-5-8(12)10(9)13/h4-6,14H,7,13H2,1-3H3. The number of nitrogens with one attached hydrogen (secondary N) is 1. The molecule has 3 N–H and O–H groups in total. The summed E-state index contributed by atoms with van der Waals surface area (Å²) in [6.45, 7) is 5.23. The molecule has 0 radical (unpaired) electrons. The summed E-state index contributed by atoms with van der Waals surface area (Å²) in [5.41, 5.74) is 7.38. The van der Waals surface area contributed by atoms with Crippen molar-refractivity contribution in [2.24, 2.45) is 0 Å². The molecule has 0 saturated heterocycles. The van der Waals surface area contributed by atoms with E-state index < -0.39 is 0 Å². The summed E-state index contributed by atoms with van der Waals surface area (Å²) in [6.07, 6.45) is 2.10. The van der Waals surface area contributed by atoms with E-state index in [1.54, 1.807) is 6.07 Å². The number of nitrogens with two attached hydrogens (primary N) is 1. The Kier molecular flexibility index (Phi) is 4.17. The molecule has 2 nitrogen and oxygen atoms in total. The van der Waals surface area contributed by atoms with Crippen molar-refractivity contribution in [1.29, 1.82) is 0 Å². The number of benzene rings is 1. The van der Waals surface area contributed by atoms with Gasteiger partial charge in [0.05, 0.1) is 16.4 Å². The third kappa shape index (κ3) is 3.50. The highest BCUT2D eigenvalue weighted by molar-refractivity contribution is 7.99. The number of halogens is 1. The van der Waals surface area contributed by atoms with Gasteiger partial charge in [-0.05, 0) is 32.2 Å². The third-order valence-electron chi connectivity index (χ3n) is 2.31. The van der Waals surface area contributed by atoms with Gasteiger partial charge in [0.15, 0.2) is 0 Å². The molecule has 0 atom stereocenters. The lowest BCUT2D eigenvalue weighted by atomic mass is 10.2. The van der Waals surface area contributed by atoms with Gasteiger partial charge in [-0.25, -0.2) is 0 Å². The summed E-state index contributed by atoms with van der Waals surface area (Å²) in [7, 11) is 0. The Bertz CT molecular complexity index is 339. The van der Waals surface area contributed by atoms with Gasteiger partial charge < -0.3 is 11.1 Å². The van der Waals surface area contributed by atoms with Gasteiger partial charge >= 0.3 is 0 Å². The highest BCUT2D eigenvalue weighted by atomic mass is 35.5. The maximum absolute atomic E-state index is 5.93. The fraction of sp³-hybridized carbons (Fsp3) is 0.455. The second-order valence-electron chi connectivity index (χ2n) is 4.02. The van der Waals surface area contributed by atoms with Crippen molar-refractivity contribution in [2.75, 3.05) is 23.9 Å². The van der Waals surface area contributed by atoms with E-state index in [1.807, 2.05) is 23.9 Å². The highest BCUT2D eigenvalue weighted by Crippen LogP contribution is 2.28. The van der Waals surface area contributed by atoms with Crippen LogP contribution in [0.5, 0.6) is 0 Å². The van der Waals surface area contributed by atoms with Crippen LogP contribution in [0.3, 0.4) is 0 Å². The van der Waals surface area contributed by atoms with Gasteiger partial charge in [0, 0.05) is 11.3 Å². The van der Waals surface area contributed by atoms with Crippen molar-refractivity contribution < 1.29 is 0 Å². The fourth-order valence-corrected chi connectivity index (χ4v) is 1.46. The average Bonchev–Trinajstić information content (AvgIpc) is 2.20. The van der Waals surface area contributed by atoms with Crippen LogP contribution in [0.4, 0.5) is 11.4 Å². The highest BCUT2D eigenvalue weighted by Gasteiger charge is 2.15. The van der Waals surface area contributed by atoms with E-state index in [4.69, 9.17) is 17.3 Å². The van der Waals surface area contributed by atoms with Gasteiger partial charge in [0.2, 0.25) is 0 Å². The van der Waals surface area contributed by atoms with Crippen molar-refractivity contribution in [2.45, 2.75) is 18.6 Å². The summed E-state index contributed by atoms with van der Waals surface area (Å²) in [5, 5.41) is 3.91. The molecule has 0 saturated carbocycles. The minimum absolute atomic E-state index is 0.189. The molecule has 0 aliphatic carbocycles. The number of thioether (sulfide) groups is 1. The SMILES string of the molecule is CSC(C)(C)CNc1cccc(Cl)c1N. The zero-order valence-corrected chi connectivity index (χ0v) is 10.9. The topological polar surface area (TPSA) is 38.0 Å². The second-order valence-corrected chi connectivity index (χ2v) is 5.94. The average molecular weight is 245 g/mol. The number of rotatable bonds is 4. The molecule has 1 aromatic rings. The zero-order valence-electron chi connectivity index (χ0n) is 9.30. The molecule has 0 heterocycles. The largest absolute Gasteiger partial charge is 0.396 e. The molecule has 0 fully saturated rings. The number of anilines is 2. The molecular weight excluding hydrogens is 228 g/mol. The van der Waals surface area contributed by atoms with E-state index >= 15 is 0 Å². The van der Waals surface area contributed by atoms with E-state index in [-0.39, 0.29) is 4.75 Å². The molecule has 0 amide bonds. The number of para-hydroxylation sites is 1.